The Kier molecular flexibility index (Phi) is 5.15. The number of hydrogen-bond donors (Lipinski definition) is 0. The lowest BCUT2D eigenvalue weighted by molar-refractivity contribution is -0.214. The van der Waals surface area contributed by atoms with Gasteiger partial charge in [0.15, 0.2) is 0 Å². The summed E-state index contributed by atoms with van der Waals surface area (Å²) in [4.78, 5) is 0. The summed E-state index contributed by atoms with van der Waals surface area (Å²) in [6.45, 7) is 1.33. The first-order valence-corrected chi connectivity index (χ1v) is 7.90. The quantitative estimate of drug-likeness (QED) is 0.521. The summed E-state index contributed by atoms with van der Waals surface area (Å²) in [6.07, 6.45) is -8.72. The van der Waals surface area contributed by atoms with E-state index in [-0.39, 0.29) is 17.0 Å². The van der Waals surface area contributed by atoms with Crippen molar-refractivity contribution in [1.29, 1.82) is 0 Å². The van der Waals surface area contributed by atoms with E-state index >= 15 is 0 Å². The zero-order chi connectivity index (χ0) is 21.4. The van der Waals surface area contributed by atoms with Crippen molar-refractivity contribution < 1.29 is 40.2 Å². The SMILES string of the molecule is CCn1nc(Oc2cc(F)cc(Oc3ccnn3C(F)(F)F)c2)cc1C(F)(F)F. The maximum Gasteiger partial charge on any atom is 0.507 e. The Morgan fingerprint density at radius 3 is 2.17 bits per heavy atom. The van der Waals surface area contributed by atoms with Crippen molar-refractivity contribution in [3.8, 4) is 23.3 Å². The van der Waals surface area contributed by atoms with Crippen LogP contribution in [0.5, 0.6) is 23.3 Å². The van der Waals surface area contributed by atoms with Crippen molar-refractivity contribution in [3.63, 3.8) is 0 Å². The number of hydrogen-bond acceptors (Lipinski definition) is 4. The lowest BCUT2D eigenvalue weighted by Crippen LogP contribution is -2.18. The van der Waals surface area contributed by atoms with Crippen LogP contribution in [-0.2, 0) is 19.0 Å². The highest BCUT2D eigenvalue weighted by molar-refractivity contribution is 5.38. The fourth-order valence-corrected chi connectivity index (χ4v) is 2.37. The molecule has 2 heterocycles. The largest absolute Gasteiger partial charge is 0.507 e. The normalized spacial score (nSPS) is 12.3. The van der Waals surface area contributed by atoms with Crippen LogP contribution >= 0.6 is 0 Å². The third-order valence-corrected chi connectivity index (χ3v) is 3.49. The second-order valence-electron chi connectivity index (χ2n) is 5.56. The molecule has 0 unspecified atom stereocenters. The number of ether oxygens (including phenoxy) is 2. The smallest absolute Gasteiger partial charge is 0.439 e. The molecule has 156 valence electrons. The first kappa shape index (κ1) is 20.5. The number of rotatable bonds is 5. The molecule has 3 aromatic rings. The van der Waals surface area contributed by atoms with E-state index in [9.17, 15) is 30.7 Å². The number of halogens is 7. The Morgan fingerprint density at radius 1 is 0.966 bits per heavy atom. The lowest BCUT2D eigenvalue weighted by Gasteiger charge is -2.12. The molecule has 0 amide bonds. The van der Waals surface area contributed by atoms with Crippen LogP contribution in [0.15, 0.2) is 36.5 Å². The molecule has 6 nitrogen and oxygen atoms in total. The highest BCUT2D eigenvalue weighted by Gasteiger charge is 2.36. The molecular formula is C16H11F7N4O2. The van der Waals surface area contributed by atoms with Gasteiger partial charge in [-0.1, -0.05) is 0 Å². The van der Waals surface area contributed by atoms with Crippen molar-refractivity contribution >= 4 is 0 Å². The monoisotopic (exact) mass is 424 g/mol. The number of aromatic nitrogens is 4. The first-order chi connectivity index (χ1) is 13.5. The first-order valence-electron chi connectivity index (χ1n) is 7.90. The van der Waals surface area contributed by atoms with E-state index in [2.05, 4.69) is 10.2 Å². The van der Waals surface area contributed by atoms with Crippen LogP contribution in [0.25, 0.3) is 0 Å². The van der Waals surface area contributed by atoms with Gasteiger partial charge in [-0.15, -0.1) is 23.0 Å². The van der Waals surface area contributed by atoms with E-state index in [0.717, 1.165) is 30.5 Å². The fraction of sp³-hybridized carbons (Fsp3) is 0.250. The van der Waals surface area contributed by atoms with Gasteiger partial charge in [-0.05, 0) is 6.92 Å². The van der Waals surface area contributed by atoms with Gasteiger partial charge in [0, 0.05) is 36.9 Å². The number of benzene rings is 1. The Bertz CT molecular complexity index is 1010. The molecule has 0 aliphatic heterocycles. The van der Waals surface area contributed by atoms with E-state index < -0.39 is 41.5 Å². The molecule has 0 saturated heterocycles. The highest BCUT2D eigenvalue weighted by atomic mass is 19.4. The Labute approximate surface area is 158 Å². The van der Waals surface area contributed by atoms with Crippen molar-refractivity contribution in [2.45, 2.75) is 25.9 Å². The predicted octanol–water partition coefficient (Wildman–Crippen LogP) is 5.32. The molecule has 0 saturated carbocycles. The van der Waals surface area contributed by atoms with Crippen molar-refractivity contribution in [2.75, 3.05) is 0 Å². The number of nitrogens with zero attached hydrogens (tertiary/aromatic N) is 4. The zero-order valence-electron chi connectivity index (χ0n) is 14.4. The summed E-state index contributed by atoms with van der Waals surface area (Å²) in [5.41, 5.74) is -1.07. The Balaban J connectivity index is 1.87. The van der Waals surface area contributed by atoms with Crippen LogP contribution in [0.2, 0.25) is 0 Å². The summed E-state index contributed by atoms with van der Waals surface area (Å²) >= 11 is 0. The van der Waals surface area contributed by atoms with Crippen LogP contribution in [0, 0.1) is 5.82 Å². The maximum atomic E-state index is 13.8. The van der Waals surface area contributed by atoms with Gasteiger partial charge in [-0.25, -0.2) is 4.39 Å². The molecule has 0 atom stereocenters. The minimum absolute atomic E-state index is 0.100. The molecule has 0 aliphatic carbocycles. The predicted molar refractivity (Wildman–Crippen MR) is 83.0 cm³/mol. The molecule has 0 fully saturated rings. The van der Waals surface area contributed by atoms with Gasteiger partial charge in [-0.3, -0.25) is 4.68 Å². The number of alkyl halides is 6. The molecule has 1 aromatic carbocycles. The minimum atomic E-state index is -4.87. The van der Waals surface area contributed by atoms with Gasteiger partial charge < -0.3 is 9.47 Å². The third kappa shape index (κ3) is 4.60. The molecule has 0 radical (unpaired) electrons. The van der Waals surface area contributed by atoms with Crippen LogP contribution in [-0.4, -0.2) is 19.6 Å². The van der Waals surface area contributed by atoms with E-state index in [1.54, 1.807) is 0 Å². The molecule has 13 heteroatoms. The van der Waals surface area contributed by atoms with Gasteiger partial charge in [-0.2, -0.15) is 18.3 Å². The summed E-state index contributed by atoms with van der Waals surface area (Å²) < 4.78 is 102. The van der Waals surface area contributed by atoms with Crippen LogP contribution in [0.1, 0.15) is 12.6 Å². The molecule has 0 bridgehead atoms. The van der Waals surface area contributed by atoms with E-state index in [1.165, 1.54) is 6.92 Å². The summed E-state index contributed by atoms with van der Waals surface area (Å²) in [5, 5.41) is 6.68. The van der Waals surface area contributed by atoms with E-state index in [0.29, 0.717) is 10.7 Å². The van der Waals surface area contributed by atoms with Crippen molar-refractivity contribution in [2.24, 2.45) is 0 Å². The zero-order valence-corrected chi connectivity index (χ0v) is 14.4. The van der Waals surface area contributed by atoms with Gasteiger partial charge in [0.2, 0.25) is 11.8 Å². The van der Waals surface area contributed by atoms with Crippen molar-refractivity contribution in [1.82, 2.24) is 19.6 Å². The second-order valence-corrected chi connectivity index (χ2v) is 5.56. The molecule has 3 rings (SSSR count). The fourth-order valence-electron chi connectivity index (χ4n) is 2.37. The standard InChI is InChI=1S/C16H11F7N4O2/c1-2-26-12(15(18,19)20)8-13(25-26)28-10-5-9(17)6-11(7-10)29-14-3-4-24-27(14)16(21,22)23/h3-8H,2H2,1H3. The summed E-state index contributed by atoms with van der Waals surface area (Å²) in [6, 6.07) is 4.10. The maximum absolute atomic E-state index is 13.8. The average Bonchev–Trinajstić information content (AvgIpc) is 3.20. The summed E-state index contributed by atoms with van der Waals surface area (Å²) in [5.74, 6) is -2.90. The Morgan fingerprint density at radius 2 is 1.62 bits per heavy atom. The highest BCUT2D eigenvalue weighted by Crippen LogP contribution is 2.35. The molecule has 0 N–H and O–H groups in total. The molecular weight excluding hydrogens is 413 g/mol. The molecule has 2 aromatic heterocycles. The van der Waals surface area contributed by atoms with E-state index in [4.69, 9.17) is 9.47 Å². The van der Waals surface area contributed by atoms with Crippen molar-refractivity contribution in [3.05, 3.63) is 48.0 Å². The van der Waals surface area contributed by atoms with Gasteiger partial charge in [0.1, 0.15) is 23.0 Å². The van der Waals surface area contributed by atoms with E-state index in [1.807, 2.05) is 0 Å². The van der Waals surface area contributed by atoms with Crippen LogP contribution in [0.4, 0.5) is 30.7 Å². The molecule has 29 heavy (non-hydrogen) atoms. The second kappa shape index (κ2) is 7.29. The lowest BCUT2D eigenvalue weighted by atomic mass is 10.3. The van der Waals surface area contributed by atoms with Crippen LogP contribution < -0.4 is 9.47 Å². The van der Waals surface area contributed by atoms with Gasteiger partial charge in [0.05, 0.1) is 6.20 Å². The molecule has 0 spiro atoms. The third-order valence-electron chi connectivity index (χ3n) is 3.49. The van der Waals surface area contributed by atoms with Crippen LogP contribution in [0.3, 0.4) is 0 Å². The van der Waals surface area contributed by atoms with Gasteiger partial charge in [0.25, 0.3) is 0 Å². The number of aryl methyl sites for hydroxylation is 1. The molecule has 0 aliphatic rings. The average molecular weight is 424 g/mol. The summed E-state index contributed by atoms with van der Waals surface area (Å²) in [7, 11) is 0. The Hall–Kier alpha value is -3.25. The van der Waals surface area contributed by atoms with Gasteiger partial charge >= 0.3 is 12.5 Å². The topological polar surface area (TPSA) is 54.1 Å². The minimum Gasteiger partial charge on any atom is -0.439 e.